The SMILES string of the molecule is CCOC(=O)CCc1cc(C(=O)c2cccc(C(=O)OCC)c2)ccc1OCCCC/C=C/c1ccccc1OC. The second-order valence-electron chi connectivity index (χ2n) is 9.25. The van der Waals surface area contributed by atoms with Crippen molar-refractivity contribution in [1.29, 1.82) is 0 Å². The Balaban J connectivity index is 1.65. The molecule has 0 radical (unpaired) electrons. The van der Waals surface area contributed by atoms with Gasteiger partial charge in [-0.15, -0.1) is 0 Å². The summed E-state index contributed by atoms with van der Waals surface area (Å²) in [6.45, 7) is 4.56. The molecule has 216 valence electrons. The van der Waals surface area contributed by atoms with Crippen LogP contribution >= 0.6 is 0 Å². The van der Waals surface area contributed by atoms with Crippen molar-refractivity contribution in [2.75, 3.05) is 26.9 Å². The molecule has 0 atom stereocenters. The van der Waals surface area contributed by atoms with Crippen molar-refractivity contribution in [3.05, 3.63) is 101 Å². The van der Waals surface area contributed by atoms with Gasteiger partial charge in [-0.25, -0.2) is 4.79 Å². The van der Waals surface area contributed by atoms with Gasteiger partial charge in [0.2, 0.25) is 0 Å². The zero-order chi connectivity index (χ0) is 29.5. The lowest BCUT2D eigenvalue weighted by atomic mass is 9.98. The third kappa shape index (κ3) is 9.64. The van der Waals surface area contributed by atoms with Crippen LogP contribution in [-0.2, 0) is 20.7 Å². The number of esters is 2. The summed E-state index contributed by atoms with van der Waals surface area (Å²) in [7, 11) is 1.66. The normalized spacial score (nSPS) is 10.8. The number of hydrogen-bond donors (Lipinski definition) is 0. The Morgan fingerprint density at radius 2 is 1.54 bits per heavy atom. The van der Waals surface area contributed by atoms with Gasteiger partial charge in [0, 0.05) is 23.1 Å². The third-order valence-electron chi connectivity index (χ3n) is 6.32. The highest BCUT2D eigenvalue weighted by molar-refractivity contribution is 6.10. The number of benzene rings is 3. The van der Waals surface area contributed by atoms with Gasteiger partial charge >= 0.3 is 11.9 Å². The molecule has 0 saturated carbocycles. The fraction of sp³-hybridized carbons (Fsp3) is 0.324. The lowest BCUT2D eigenvalue weighted by Crippen LogP contribution is -2.09. The molecule has 0 aliphatic carbocycles. The highest BCUT2D eigenvalue weighted by Gasteiger charge is 2.16. The van der Waals surface area contributed by atoms with Gasteiger partial charge in [-0.2, -0.15) is 0 Å². The Bertz CT molecular complexity index is 1340. The van der Waals surface area contributed by atoms with E-state index in [-0.39, 0.29) is 24.8 Å². The van der Waals surface area contributed by atoms with E-state index >= 15 is 0 Å². The lowest BCUT2D eigenvalue weighted by Gasteiger charge is -2.13. The van der Waals surface area contributed by atoms with Crippen LogP contribution < -0.4 is 9.47 Å². The van der Waals surface area contributed by atoms with Crippen LogP contribution in [-0.4, -0.2) is 44.7 Å². The Morgan fingerprint density at radius 3 is 2.32 bits per heavy atom. The fourth-order valence-electron chi connectivity index (χ4n) is 4.26. The van der Waals surface area contributed by atoms with Gasteiger partial charge in [0.1, 0.15) is 11.5 Å². The van der Waals surface area contributed by atoms with Crippen LogP contribution in [0.15, 0.2) is 72.8 Å². The zero-order valence-electron chi connectivity index (χ0n) is 24.0. The maximum absolute atomic E-state index is 13.3. The van der Waals surface area contributed by atoms with E-state index in [1.54, 1.807) is 57.4 Å². The zero-order valence-corrected chi connectivity index (χ0v) is 24.0. The Hall–Kier alpha value is -4.39. The first kappa shape index (κ1) is 31.1. The standard InChI is InChI=1S/C34H38O7/c1-4-39-32(35)21-19-26-23-28(33(36)27-15-12-16-29(24-27)34(37)40-5-2)18-20-31(26)41-22-11-7-6-8-13-25-14-9-10-17-30(25)38-3/h8-10,12-18,20,23-24H,4-7,11,19,21-22H2,1-3H3/b13-8+. The predicted octanol–water partition coefficient (Wildman–Crippen LogP) is 6.86. The van der Waals surface area contributed by atoms with E-state index < -0.39 is 5.97 Å². The highest BCUT2D eigenvalue weighted by Crippen LogP contribution is 2.25. The first-order valence-electron chi connectivity index (χ1n) is 14.0. The van der Waals surface area contributed by atoms with Crippen LogP contribution in [0.4, 0.5) is 0 Å². The first-order valence-corrected chi connectivity index (χ1v) is 14.0. The predicted molar refractivity (Wildman–Crippen MR) is 159 cm³/mol. The molecule has 7 nitrogen and oxygen atoms in total. The van der Waals surface area contributed by atoms with Crippen molar-refractivity contribution < 1.29 is 33.3 Å². The van der Waals surface area contributed by atoms with Crippen LogP contribution in [0.1, 0.15) is 76.9 Å². The molecule has 0 aliphatic heterocycles. The number of carbonyl (C=O) groups excluding carboxylic acids is 3. The van der Waals surface area contributed by atoms with Gasteiger partial charge in [-0.3, -0.25) is 9.59 Å². The van der Waals surface area contributed by atoms with Crippen molar-refractivity contribution in [1.82, 2.24) is 0 Å². The monoisotopic (exact) mass is 558 g/mol. The number of carbonyl (C=O) groups is 3. The van der Waals surface area contributed by atoms with Crippen LogP contribution in [0.3, 0.4) is 0 Å². The van der Waals surface area contributed by atoms with Gasteiger partial charge in [0.25, 0.3) is 0 Å². The Morgan fingerprint density at radius 1 is 0.780 bits per heavy atom. The van der Waals surface area contributed by atoms with Crippen LogP contribution in [0.5, 0.6) is 11.5 Å². The van der Waals surface area contributed by atoms with E-state index in [0.717, 1.165) is 36.1 Å². The molecule has 0 N–H and O–H groups in total. The summed E-state index contributed by atoms with van der Waals surface area (Å²) in [4.78, 5) is 37.5. The number of aryl methyl sites for hydroxylation is 1. The first-order chi connectivity index (χ1) is 20.0. The Kier molecular flexibility index (Phi) is 12.6. The van der Waals surface area contributed by atoms with E-state index in [0.29, 0.717) is 42.1 Å². The summed E-state index contributed by atoms with van der Waals surface area (Å²) in [6, 6.07) is 19.6. The van der Waals surface area contributed by atoms with Crippen LogP contribution in [0, 0.1) is 0 Å². The van der Waals surface area contributed by atoms with E-state index in [2.05, 4.69) is 12.2 Å². The number of allylic oxidation sites excluding steroid dienone is 1. The minimum Gasteiger partial charge on any atom is -0.496 e. The maximum Gasteiger partial charge on any atom is 0.338 e. The Labute approximate surface area is 242 Å². The van der Waals surface area contributed by atoms with Crippen molar-refractivity contribution in [2.45, 2.75) is 46.0 Å². The molecule has 7 heteroatoms. The number of methoxy groups -OCH3 is 1. The molecule has 0 spiro atoms. The minimum atomic E-state index is -0.476. The maximum atomic E-state index is 13.3. The van der Waals surface area contributed by atoms with Gasteiger partial charge in [0.15, 0.2) is 5.78 Å². The molecule has 0 aliphatic rings. The van der Waals surface area contributed by atoms with Crippen LogP contribution in [0.25, 0.3) is 6.08 Å². The summed E-state index contributed by atoms with van der Waals surface area (Å²) in [5, 5.41) is 0. The summed E-state index contributed by atoms with van der Waals surface area (Å²) in [5.74, 6) is 0.462. The molecule has 3 aromatic carbocycles. The van der Waals surface area contributed by atoms with Crippen LogP contribution in [0.2, 0.25) is 0 Å². The number of para-hydroxylation sites is 1. The molecule has 0 fully saturated rings. The molecule has 0 saturated heterocycles. The number of rotatable bonds is 16. The van der Waals surface area contributed by atoms with Gasteiger partial charge in [-0.1, -0.05) is 42.5 Å². The summed E-state index contributed by atoms with van der Waals surface area (Å²) in [6.07, 6.45) is 7.42. The van der Waals surface area contributed by atoms with Gasteiger partial charge in [0.05, 0.1) is 32.5 Å². The molecule has 3 aromatic rings. The molecule has 0 aromatic heterocycles. The topological polar surface area (TPSA) is 88.1 Å². The van der Waals surface area contributed by atoms with Gasteiger partial charge in [-0.05, 0) is 81.5 Å². The molecule has 41 heavy (non-hydrogen) atoms. The highest BCUT2D eigenvalue weighted by atomic mass is 16.5. The second-order valence-corrected chi connectivity index (χ2v) is 9.25. The van der Waals surface area contributed by atoms with E-state index in [1.165, 1.54) is 6.07 Å². The number of unbranched alkanes of at least 4 members (excludes halogenated alkanes) is 2. The second kappa shape index (κ2) is 16.7. The summed E-state index contributed by atoms with van der Waals surface area (Å²) < 4.78 is 21.6. The number of hydrogen-bond acceptors (Lipinski definition) is 7. The fourth-order valence-corrected chi connectivity index (χ4v) is 4.26. The molecule has 0 bridgehead atoms. The quantitative estimate of drug-likeness (QED) is 0.108. The van der Waals surface area contributed by atoms with Crippen molar-refractivity contribution in [3.63, 3.8) is 0 Å². The summed E-state index contributed by atoms with van der Waals surface area (Å²) >= 11 is 0. The summed E-state index contributed by atoms with van der Waals surface area (Å²) in [5.41, 5.74) is 2.93. The molecule has 0 heterocycles. The third-order valence-corrected chi connectivity index (χ3v) is 6.32. The minimum absolute atomic E-state index is 0.175. The number of ketones is 1. The van der Waals surface area contributed by atoms with E-state index in [9.17, 15) is 14.4 Å². The lowest BCUT2D eigenvalue weighted by molar-refractivity contribution is -0.143. The average Bonchev–Trinajstić information content (AvgIpc) is 3.00. The number of ether oxygens (including phenoxy) is 4. The molecule has 0 unspecified atom stereocenters. The van der Waals surface area contributed by atoms with E-state index in [1.807, 2.05) is 24.3 Å². The molecular formula is C34H38O7. The van der Waals surface area contributed by atoms with Crippen molar-refractivity contribution >= 4 is 23.8 Å². The van der Waals surface area contributed by atoms with E-state index in [4.69, 9.17) is 18.9 Å². The van der Waals surface area contributed by atoms with Gasteiger partial charge < -0.3 is 18.9 Å². The van der Waals surface area contributed by atoms with Crippen molar-refractivity contribution in [3.8, 4) is 11.5 Å². The average molecular weight is 559 g/mol. The van der Waals surface area contributed by atoms with Crippen molar-refractivity contribution in [2.24, 2.45) is 0 Å². The molecule has 3 rings (SSSR count). The molecule has 0 amide bonds. The smallest absolute Gasteiger partial charge is 0.338 e. The largest absolute Gasteiger partial charge is 0.496 e. The molecular weight excluding hydrogens is 520 g/mol.